The summed E-state index contributed by atoms with van der Waals surface area (Å²) in [5.41, 5.74) is 5.29. The van der Waals surface area contributed by atoms with Gasteiger partial charge in [-0.1, -0.05) is 48.5 Å². The smallest absolute Gasteiger partial charge is 0.163 e. The Kier molecular flexibility index (Phi) is 6.43. The first-order valence-electron chi connectivity index (χ1n) is 11.8. The van der Waals surface area contributed by atoms with Gasteiger partial charge in [0.2, 0.25) is 0 Å². The lowest BCUT2D eigenvalue weighted by atomic mass is 9.86. The van der Waals surface area contributed by atoms with Crippen molar-refractivity contribution in [3.8, 4) is 5.75 Å². The minimum atomic E-state index is -0.203. The summed E-state index contributed by atoms with van der Waals surface area (Å²) < 4.78 is 6.75. The molecule has 1 heterocycles. The molecule has 5 heteroatoms. The van der Waals surface area contributed by atoms with Gasteiger partial charge < -0.3 is 14.6 Å². The molecule has 1 aliphatic rings. The number of Topliss-reactive ketones (excluding diaryl/α,β-unsaturated/α-hetero) is 1. The molecule has 0 saturated heterocycles. The summed E-state index contributed by atoms with van der Waals surface area (Å²) in [6.45, 7) is 0.665. The third kappa shape index (κ3) is 4.74. The van der Waals surface area contributed by atoms with Gasteiger partial charge in [-0.3, -0.25) is 4.79 Å². The molecule has 0 fully saturated rings. The highest BCUT2D eigenvalue weighted by molar-refractivity contribution is 5.99. The number of rotatable bonds is 8. The van der Waals surface area contributed by atoms with Crippen LogP contribution in [0, 0.1) is 0 Å². The van der Waals surface area contributed by atoms with E-state index in [4.69, 9.17) is 4.74 Å². The van der Waals surface area contributed by atoms with Crippen molar-refractivity contribution < 1.29 is 9.53 Å². The zero-order valence-electron chi connectivity index (χ0n) is 19.4. The van der Waals surface area contributed by atoms with Crippen LogP contribution in [0.15, 0.2) is 85.2 Å². The molecule has 1 N–H and O–H groups in total. The van der Waals surface area contributed by atoms with Crippen LogP contribution < -0.4 is 9.64 Å². The Morgan fingerprint density at radius 1 is 1.00 bits per heavy atom. The molecule has 0 saturated carbocycles. The number of nitrogens with zero attached hydrogens (tertiary/aromatic N) is 2. The standard InChI is InChI=1S/C29H29N3O2/c1-32(22-11-6-3-7-12-22)20-25-23-13-8-14-26(33)24(23)15-16-27(25)34-28(19-29-30-17-18-31-29)21-9-4-2-5-10-21/h2-7,9-12,15-18,28H,8,13-14,19-20H2,1H3,(H,30,31)/t28-/m0/s1. The summed E-state index contributed by atoms with van der Waals surface area (Å²) in [5.74, 6) is 1.94. The Bertz CT molecular complexity index is 1240. The molecule has 172 valence electrons. The first-order valence-corrected chi connectivity index (χ1v) is 11.8. The summed E-state index contributed by atoms with van der Waals surface area (Å²) in [6, 6.07) is 24.5. The van der Waals surface area contributed by atoms with Gasteiger partial charge in [-0.2, -0.15) is 0 Å². The summed E-state index contributed by atoms with van der Waals surface area (Å²) >= 11 is 0. The highest BCUT2D eigenvalue weighted by atomic mass is 16.5. The van der Waals surface area contributed by atoms with Crippen LogP contribution >= 0.6 is 0 Å². The Labute approximate surface area is 200 Å². The highest BCUT2D eigenvalue weighted by Crippen LogP contribution is 2.36. The normalized spacial score (nSPS) is 13.9. The number of H-pyrrole nitrogens is 1. The first kappa shape index (κ1) is 22.0. The number of ether oxygens (including phenoxy) is 1. The van der Waals surface area contributed by atoms with E-state index in [-0.39, 0.29) is 11.9 Å². The van der Waals surface area contributed by atoms with Crippen LogP contribution in [0.4, 0.5) is 5.69 Å². The van der Waals surface area contributed by atoms with E-state index in [1.54, 1.807) is 6.20 Å². The average molecular weight is 452 g/mol. The zero-order valence-corrected chi connectivity index (χ0v) is 19.4. The van der Waals surface area contributed by atoms with Crippen molar-refractivity contribution in [2.75, 3.05) is 11.9 Å². The molecule has 5 rings (SSSR count). The van der Waals surface area contributed by atoms with Crippen LogP contribution in [0.5, 0.6) is 5.75 Å². The minimum absolute atomic E-state index is 0.203. The van der Waals surface area contributed by atoms with E-state index in [9.17, 15) is 4.79 Å². The maximum Gasteiger partial charge on any atom is 0.163 e. The van der Waals surface area contributed by atoms with E-state index in [1.807, 2.05) is 54.7 Å². The summed E-state index contributed by atoms with van der Waals surface area (Å²) in [7, 11) is 2.08. The fraction of sp³-hybridized carbons (Fsp3) is 0.241. The van der Waals surface area contributed by atoms with Gasteiger partial charge >= 0.3 is 0 Å². The van der Waals surface area contributed by atoms with Crippen LogP contribution in [0.1, 0.15) is 51.8 Å². The number of aromatic nitrogens is 2. The van der Waals surface area contributed by atoms with Crippen molar-refractivity contribution in [2.45, 2.75) is 38.3 Å². The van der Waals surface area contributed by atoms with Crippen molar-refractivity contribution >= 4 is 11.5 Å². The number of carbonyl (C=O) groups excluding carboxylic acids is 1. The highest BCUT2D eigenvalue weighted by Gasteiger charge is 2.25. The first-order chi connectivity index (χ1) is 16.7. The van der Waals surface area contributed by atoms with Gasteiger partial charge in [0.15, 0.2) is 5.78 Å². The Morgan fingerprint density at radius 2 is 1.76 bits per heavy atom. The van der Waals surface area contributed by atoms with E-state index in [2.05, 4.69) is 46.2 Å². The molecule has 0 amide bonds. The molecule has 1 aliphatic carbocycles. The third-order valence-corrected chi connectivity index (χ3v) is 6.49. The van der Waals surface area contributed by atoms with Gasteiger partial charge in [0.1, 0.15) is 17.7 Å². The maximum atomic E-state index is 12.7. The van der Waals surface area contributed by atoms with E-state index < -0.39 is 0 Å². The predicted octanol–water partition coefficient (Wildman–Crippen LogP) is 5.93. The van der Waals surface area contributed by atoms with E-state index >= 15 is 0 Å². The molecule has 0 bridgehead atoms. The number of fused-ring (bicyclic) bond motifs is 1. The molecule has 0 radical (unpaired) electrons. The zero-order chi connectivity index (χ0) is 23.3. The molecule has 5 nitrogen and oxygen atoms in total. The van der Waals surface area contributed by atoms with Crippen molar-refractivity contribution in [1.29, 1.82) is 0 Å². The molecule has 0 unspecified atom stereocenters. The monoisotopic (exact) mass is 451 g/mol. The van der Waals surface area contributed by atoms with Crippen LogP contribution in [0.2, 0.25) is 0 Å². The SMILES string of the molecule is CN(Cc1c(O[C@@H](Cc2ncc[nH]2)c2ccccc2)ccc2c1CCCC2=O)c1ccccc1. The van der Waals surface area contributed by atoms with Gasteiger partial charge in [0, 0.05) is 55.6 Å². The lowest BCUT2D eigenvalue weighted by Gasteiger charge is -2.28. The molecular formula is C29H29N3O2. The number of aromatic amines is 1. The van der Waals surface area contributed by atoms with E-state index in [1.165, 1.54) is 0 Å². The lowest BCUT2D eigenvalue weighted by molar-refractivity contribution is 0.0972. The van der Waals surface area contributed by atoms with Gasteiger partial charge in [-0.25, -0.2) is 4.98 Å². The molecule has 34 heavy (non-hydrogen) atoms. The minimum Gasteiger partial charge on any atom is -0.485 e. The molecule has 0 aliphatic heterocycles. The number of ketones is 1. The molecule has 4 aromatic rings. The van der Waals surface area contributed by atoms with Crippen molar-refractivity contribution in [3.05, 3.63) is 113 Å². The number of imidazole rings is 1. The second kappa shape index (κ2) is 9.96. The van der Waals surface area contributed by atoms with Crippen LogP contribution in [-0.4, -0.2) is 22.8 Å². The number of para-hydroxylation sites is 1. The number of anilines is 1. The number of benzene rings is 3. The summed E-state index contributed by atoms with van der Waals surface area (Å²) in [4.78, 5) is 22.5. The topological polar surface area (TPSA) is 58.2 Å². The summed E-state index contributed by atoms with van der Waals surface area (Å²) in [6.07, 6.45) is 6.42. The molecule has 1 atom stereocenters. The fourth-order valence-corrected chi connectivity index (χ4v) is 4.71. The second-order valence-corrected chi connectivity index (χ2v) is 8.79. The maximum absolute atomic E-state index is 12.7. The quantitative estimate of drug-likeness (QED) is 0.361. The van der Waals surface area contributed by atoms with Crippen LogP contribution in [-0.2, 0) is 19.4 Å². The number of carbonyl (C=O) groups is 1. The van der Waals surface area contributed by atoms with Crippen molar-refractivity contribution in [1.82, 2.24) is 9.97 Å². The number of hydrogen-bond donors (Lipinski definition) is 1. The largest absolute Gasteiger partial charge is 0.485 e. The Balaban J connectivity index is 1.53. The van der Waals surface area contributed by atoms with Gasteiger partial charge in [-0.05, 0) is 48.2 Å². The fourth-order valence-electron chi connectivity index (χ4n) is 4.71. The van der Waals surface area contributed by atoms with Crippen molar-refractivity contribution in [2.24, 2.45) is 0 Å². The molecular weight excluding hydrogens is 422 g/mol. The van der Waals surface area contributed by atoms with Gasteiger partial charge in [0.25, 0.3) is 0 Å². The average Bonchev–Trinajstić information content (AvgIpc) is 3.39. The van der Waals surface area contributed by atoms with Gasteiger partial charge in [-0.15, -0.1) is 0 Å². The lowest BCUT2D eigenvalue weighted by Crippen LogP contribution is -2.22. The number of hydrogen-bond acceptors (Lipinski definition) is 4. The number of nitrogens with one attached hydrogen (secondary N) is 1. The van der Waals surface area contributed by atoms with Crippen LogP contribution in [0.25, 0.3) is 0 Å². The summed E-state index contributed by atoms with van der Waals surface area (Å²) in [5, 5.41) is 0. The molecule has 1 aromatic heterocycles. The van der Waals surface area contributed by atoms with E-state index in [0.29, 0.717) is 19.4 Å². The second-order valence-electron chi connectivity index (χ2n) is 8.79. The molecule has 0 spiro atoms. The van der Waals surface area contributed by atoms with Crippen molar-refractivity contribution in [3.63, 3.8) is 0 Å². The van der Waals surface area contributed by atoms with E-state index in [0.717, 1.165) is 52.4 Å². The Morgan fingerprint density at radius 3 is 2.50 bits per heavy atom. The third-order valence-electron chi connectivity index (χ3n) is 6.49. The predicted molar refractivity (Wildman–Crippen MR) is 134 cm³/mol. The van der Waals surface area contributed by atoms with Crippen LogP contribution in [0.3, 0.4) is 0 Å². The Hall–Kier alpha value is -3.86. The van der Waals surface area contributed by atoms with Gasteiger partial charge in [0.05, 0.1) is 0 Å². The molecule has 3 aromatic carbocycles.